The van der Waals surface area contributed by atoms with Crippen LogP contribution in [-0.2, 0) is 13.0 Å². The monoisotopic (exact) mass is 318 g/mol. The summed E-state index contributed by atoms with van der Waals surface area (Å²) < 4.78 is 0. The minimum atomic E-state index is -0.178. The summed E-state index contributed by atoms with van der Waals surface area (Å²) in [6, 6.07) is 13.8. The number of hydrogen-bond acceptors (Lipinski definition) is 4. The summed E-state index contributed by atoms with van der Waals surface area (Å²) in [7, 11) is 0. The summed E-state index contributed by atoms with van der Waals surface area (Å²) in [6.45, 7) is 2.26. The molecule has 0 fully saturated rings. The van der Waals surface area contributed by atoms with Gasteiger partial charge >= 0.3 is 0 Å². The van der Waals surface area contributed by atoms with Crippen LogP contribution < -0.4 is 5.32 Å². The molecule has 0 radical (unpaired) electrons. The fraction of sp³-hybridized carbons (Fsp3) is 0.158. The van der Waals surface area contributed by atoms with Crippen molar-refractivity contribution in [2.45, 2.75) is 19.9 Å². The van der Waals surface area contributed by atoms with Crippen molar-refractivity contribution in [2.24, 2.45) is 0 Å². The van der Waals surface area contributed by atoms with E-state index in [0.29, 0.717) is 30.0 Å². The first-order valence-corrected chi connectivity index (χ1v) is 7.76. The van der Waals surface area contributed by atoms with E-state index in [1.165, 1.54) is 0 Å². The first-order chi connectivity index (χ1) is 11.7. The largest absolute Gasteiger partial charge is 0.348 e. The minimum Gasteiger partial charge on any atom is -0.348 e. The molecule has 0 aliphatic carbocycles. The number of aromatic nitrogens is 3. The van der Waals surface area contributed by atoms with E-state index in [4.69, 9.17) is 0 Å². The third-order valence-corrected chi connectivity index (χ3v) is 3.65. The van der Waals surface area contributed by atoms with Crippen LogP contribution in [0.5, 0.6) is 0 Å². The van der Waals surface area contributed by atoms with Gasteiger partial charge in [0.2, 0.25) is 0 Å². The molecule has 2 heterocycles. The second-order valence-electron chi connectivity index (χ2n) is 5.49. The van der Waals surface area contributed by atoms with E-state index in [1.807, 2.05) is 49.4 Å². The van der Waals surface area contributed by atoms with Crippen LogP contribution in [-0.4, -0.2) is 20.9 Å². The second-order valence-corrected chi connectivity index (χ2v) is 5.49. The topological polar surface area (TPSA) is 67.8 Å². The van der Waals surface area contributed by atoms with Crippen LogP contribution >= 0.6 is 0 Å². The van der Waals surface area contributed by atoms with E-state index in [9.17, 15) is 4.79 Å². The fourth-order valence-electron chi connectivity index (χ4n) is 2.38. The maximum Gasteiger partial charge on any atom is 0.254 e. The number of nitrogens with zero attached hydrogens (tertiary/aromatic N) is 3. The van der Waals surface area contributed by atoms with E-state index in [2.05, 4.69) is 20.3 Å². The van der Waals surface area contributed by atoms with Crippen LogP contribution in [0.25, 0.3) is 0 Å². The predicted molar refractivity (Wildman–Crippen MR) is 91.4 cm³/mol. The van der Waals surface area contributed by atoms with Crippen LogP contribution in [0.1, 0.15) is 33.0 Å². The lowest BCUT2D eigenvalue weighted by Crippen LogP contribution is -2.24. The summed E-state index contributed by atoms with van der Waals surface area (Å²) in [5, 5.41) is 2.87. The molecule has 5 heteroatoms. The van der Waals surface area contributed by atoms with Gasteiger partial charge in [-0.1, -0.05) is 36.4 Å². The Morgan fingerprint density at radius 1 is 1.04 bits per heavy atom. The van der Waals surface area contributed by atoms with Gasteiger partial charge in [0.1, 0.15) is 5.82 Å². The van der Waals surface area contributed by atoms with E-state index in [1.54, 1.807) is 18.6 Å². The zero-order valence-electron chi connectivity index (χ0n) is 13.4. The van der Waals surface area contributed by atoms with Gasteiger partial charge in [-0.2, -0.15) is 0 Å². The summed E-state index contributed by atoms with van der Waals surface area (Å²) >= 11 is 0. The van der Waals surface area contributed by atoms with Crippen molar-refractivity contribution >= 4 is 5.91 Å². The molecule has 1 aromatic carbocycles. The molecular weight excluding hydrogens is 300 g/mol. The Balaban J connectivity index is 1.67. The first kappa shape index (κ1) is 15.8. The highest BCUT2D eigenvalue weighted by Crippen LogP contribution is 2.09. The highest BCUT2D eigenvalue weighted by Gasteiger charge is 2.12. The number of nitrogens with one attached hydrogen (secondary N) is 1. The molecule has 24 heavy (non-hydrogen) atoms. The Bertz CT molecular complexity index is 819. The average molecular weight is 318 g/mol. The summed E-state index contributed by atoms with van der Waals surface area (Å²) in [6.07, 6.45) is 5.68. The van der Waals surface area contributed by atoms with Gasteiger partial charge in [-0.05, 0) is 24.1 Å². The molecule has 3 aromatic rings. The van der Waals surface area contributed by atoms with Crippen molar-refractivity contribution in [3.8, 4) is 0 Å². The molecule has 0 unspecified atom stereocenters. The SMILES string of the molecule is Cc1nc(Cc2ccccc2)ncc1C(=O)NCc1cccnc1. The van der Waals surface area contributed by atoms with E-state index in [-0.39, 0.29) is 5.91 Å². The summed E-state index contributed by atoms with van der Waals surface area (Å²) in [5.41, 5.74) is 3.27. The highest BCUT2D eigenvalue weighted by molar-refractivity contribution is 5.94. The van der Waals surface area contributed by atoms with Crippen molar-refractivity contribution in [1.29, 1.82) is 0 Å². The van der Waals surface area contributed by atoms with Gasteiger partial charge in [-0.3, -0.25) is 9.78 Å². The zero-order valence-corrected chi connectivity index (χ0v) is 13.4. The number of benzene rings is 1. The lowest BCUT2D eigenvalue weighted by Gasteiger charge is -2.08. The average Bonchev–Trinajstić information content (AvgIpc) is 2.61. The van der Waals surface area contributed by atoms with Gasteiger partial charge in [0.15, 0.2) is 0 Å². The molecular formula is C19H18N4O. The molecule has 2 aromatic heterocycles. The molecule has 0 saturated heterocycles. The molecule has 0 spiro atoms. The fourth-order valence-corrected chi connectivity index (χ4v) is 2.38. The van der Waals surface area contributed by atoms with Crippen LogP contribution in [0.15, 0.2) is 61.1 Å². The zero-order chi connectivity index (χ0) is 16.8. The van der Waals surface area contributed by atoms with Crippen LogP contribution in [0.2, 0.25) is 0 Å². The Morgan fingerprint density at radius 3 is 2.54 bits per heavy atom. The lowest BCUT2D eigenvalue weighted by atomic mass is 10.1. The molecule has 0 saturated carbocycles. The Hall–Kier alpha value is -3.08. The maximum atomic E-state index is 12.3. The summed E-state index contributed by atoms with van der Waals surface area (Å²) in [5.74, 6) is 0.533. The molecule has 3 rings (SSSR count). The molecule has 0 atom stereocenters. The van der Waals surface area contributed by atoms with Gasteiger partial charge in [-0.25, -0.2) is 9.97 Å². The third kappa shape index (κ3) is 4.01. The smallest absolute Gasteiger partial charge is 0.254 e. The lowest BCUT2D eigenvalue weighted by molar-refractivity contribution is 0.0949. The Kier molecular flexibility index (Phi) is 4.91. The Morgan fingerprint density at radius 2 is 1.83 bits per heavy atom. The number of amides is 1. The van der Waals surface area contributed by atoms with E-state index >= 15 is 0 Å². The number of rotatable bonds is 5. The minimum absolute atomic E-state index is 0.178. The quantitative estimate of drug-likeness (QED) is 0.785. The van der Waals surface area contributed by atoms with Gasteiger partial charge < -0.3 is 5.32 Å². The van der Waals surface area contributed by atoms with Gasteiger partial charge in [0.25, 0.3) is 5.91 Å². The maximum absolute atomic E-state index is 12.3. The van der Waals surface area contributed by atoms with Crippen LogP contribution in [0.4, 0.5) is 0 Å². The van der Waals surface area contributed by atoms with Gasteiger partial charge in [0.05, 0.1) is 11.3 Å². The molecule has 1 amide bonds. The molecule has 1 N–H and O–H groups in total. The van der Waals surface area contributed by atoms with Gasteiger partial charge in [0, 0.05) is 31.6 Å². The van der Waals surface area contributed by atoms with Crippen LogP contribution in [0, 0.1) is 6.92 Å². The van der Waals surface area contributed by atoms with Crippen molar-refractivity contribution in [3.05, 3.63) is 89.3 Å². The molecule has 0 aliphatic heterocycles. The Labute approximate surface area is 140 Å². The number of aryl methyl sites for hydroxylation is 1. The normalized spacial score (nSPS) is 10.4. The number of pyridine rings is 1. The molecule has 120 valence electrons. The van der Waals surface area contributed by atoms with Crippen molar-refractivity contribution in [3.63, 3.8) is 0 Å². The van der Waals surface area contributed by atoms with Crippen molar-refractivity contribution in [1.82, 2.24) is 20.3 Å². The third-order valence-electron chi connectivity index (χ3n) is 3.65. The number of carbonyl (C=O) groups excluding carboxylic acids is 1. The second kappa shape index (κ2) is 7.46. The summed E-state index contributed by atoms with van der Waals surface area (Å²) in [4.78, 5) is 25.1. The predicted octanol–water partition coefficient (Wildman–Crippen LogP) is 2.70. The van der Waals surface area contributed by atoms with Crippen molar-refractivity contribution < 1.29 is 4.79 Å². The molecule has 5 nitrogen and oxygen atoms in total. The number of hydrogen-bond donors (Lipinski definition) is 1. The molecule has 0 aliphatic rings. The van der Waals surface area contributed by atoms with Crippen molar-refractivity contribution in [2.75, 3.05) is 0 Å². The van der Waals surface area contributed by atoms with E-state index < -0.39 is 0 Å². The standard InChI is InChI=1S/C19H18N4O/c1-14-17(19(24)22-12-16-8-5-9-20-11-16)13-21-18(23-14)10-15-6-3-2-4-7-15/h2-9,11,13H,10,12H2,1H3,(H,22,24). The van der Waals surface area contributed by atoms with Crippen LogP contribution in [0.3, 0.4) is 0 Å². The first-order valence-electron chi connectivity index (χ1n) is 7.76. The van der Waals surface area contributed by atoms with Gasteiger partial charge in [-0.15, -0.1) is 0 Å². The highest BCUT2D eigenvalue weighted by atomic mass is 16.1. The molecule has 0 bridgehead atoms. The number of carbonyl (C=O) groups is 1. The van der Waals surface area contributed by atoms with E-state index in [0.717, 1.165) is 11.1 Å².